The Morgan fingerprint density at radius 2 is 2.50 bits per heavy atom. The molecule has 0 saturated carbocycles. The van der Waals surface area contributed by atoms with Crippen LogP contribution in [0, 0.1) is 0 Å². The molecule has 0 amide bonds. The van der Waals surface area contributed by atoms with Gasteiger partial charge >= 0.3 is 0 Å². The molecule has 1 aliphatic rings. The quantitative estimate of drug-likeness (QED) is 0.672. The van der Waals surface area contributed by atoms with Crippen molar-refractivity contribution in [1.29, 1.82) is 0 Å². The van der Waals surface area contributed by atoms with Gasteiger partial charge in [-0.3, -0.25) is 0 Å². The minimum absolute atomic E-state index is 0.204. The molecule has 3 nitrogen and oxygen atoms in total. The van der Waals surface area contributed by atoms with Crippen LogP contribution in [0.1, 0.15) is 26.2 Å². The highest BCUT2D eigenvalue weighted by atomic mass is 16.5. The molecule has 3 heteroatoms. The molecule has 1 fully saturated rings. The van der Waals surface area contributed by atoms with Crippen LogP contribution in [-0.4, -0.2) is 32.0 Å². The Bertz CT molecular complexity index is 113. The molecule has 1 saturated heterocycles. The van der Waals surface area contributed by atoms with Crippen LogP contribution in [0.25, 0.3) is 0 Å². The van der Waals surface area contributed by atoms with Gasteiger partial charge < -0.3 is 15.2 Å². The number of ether oxygens (including phenoxy) is 2. The molecule has 72 valence electrons. The van der Waals surface area contributed by atoms with Gasteiger partial charge in [0.2, 0.25) is 0 Å². The van der Waals surface area contributed by atoms with Crippen LogP contribution in [-0.2, 0) is 9.47 Å². The van der Waals surface area contributed by atoms with E-state index in [9.17, 15) is 0 Å². The SMILES string of the molecule is CCCC(N)COC1CCOC1. The van der Waals surface area contributed by atoms with E-state index in [4.69, 9.17) is 15.2 Å². The maximum absolute atomic E-state index is 5.80. The monoisotopic (exact) mass is 173 g/mol. The van der Waals surface area contributed by atoms with E-state index in [0.29, 0.717) is 12.7 Å². The van der Waals surface area contributed by atoms with Crippen LogP contribution >= 0.6 is 0 Å². The Morgan fingerprint density at radius 3 is 3.08 bits per heavy atom. The van der Waals surface area contributed by atoms with Crippen molar-refractivity contribution in [3.05, 3.63) is 0 Å². The molecule has 0 spiro atoms. The summed E-state index contributed by atoms with van der Waals surface area (Å²) in [6.07, 6.45) is 3.51. The first kappa shape index (κ1) is 9.96. The molecule has 12 heavy (non-hydrogen) atoms. The summed E-state index contributed by atoms with van der Waals surface area (Å²) >= 11 is 0. The Kier molecular flexibility index (Phi) is 4.58. The molecule has 0 bridgehead atoms. The van der Waals surface area contributed by atoms with Crippen LogP contribution in [0.2, 0.25) is 0 Å². The number of rotatable bonds is 5. The van der Waals surface area contributed by atoms with Gasteiger partial charge in [-0.05, 0) is 12.8 Å². The Balaban J connectivity index is 1.99. The first-order valence-corrected chi connectivity index (χ1v) is 4.78. The second kappa shape index (κ2) is 5.51. The first-order valence-electron chi connectivity index (χ1n) is 4.78. The van der Waals surface area contributed by atoms with Crippen molar-refractivity contribution in [3.8, 4) is 0 Å². The molecule has 1 heterocycles. The van der Waals surface area contributed by atoms with Gasteiger partial charge in [0.15, 0.2) is 0 Å². The highest BCUT2D eigenvalue weighted by molar-refractivity contribution is 4.66. The molecule has 2 atom stereocenters. The fourth-order valence-corrected chi connectivity index (χ4v) is 1.36. The van der Waals surface area contributed by atoms with Crippen molar-refractivity contribution in [3.63, 3.8) is 0 Å². The van der Waals surface area contributed by atoms with E-state index >= 15 is 0 Å². The third kappa shape index (κ3) is 3.52. The predicted octanol–water partition coefficient (Wildman–Crippen LogP) is 0.919. The largest absolute Gasteiger partial charge is 0.379 e. The summed E-state index contributed by atoms with van der Waals surface area (Å²) in [7, 11) is 0. The average molecular weight is 173 g/mol. The van der Waals surface area contributed by atoms with E-state index in [1.807, 2.05) is 0 Å². The third-order valence-electron chi connectivity index (χ3n) is 2.09. The standard InChI is InChI=1S/C9H19NO2/c1-2-3-8(10)6-12-9-4-5-11-7-9/h8-9H,2-7,10H2,1H3. The van der Waals surface area contributed by atoms with Gasteiger partial charge in [-0.25, -0.2) is 0 Å². The van der Waals surface area contributed by atoms with Crippen LogP contribution in [0.5, 0.6) is 0 Å². The van der Waals surface area contributed by atoms with Crippen molar-refractivity contribution in [2.75, 3.05) is 19.8 Å². The molecular weight excluding hydrogens is 154 g/mol. The van der Waals surface area contributed by atoms with Gasteiger partial charge in [-0.2, -0.15) is 0 Å². The van der Waals surface area contributed by atoms with E-state index < -0.39 is 0 Å². The minimum atomic E-state index is 0.204. The molecule has 1 rings (SSSR count). The van der Waals surface area contributed by atoms with Crippen LogP contribution in [0.3, 0.4) is 0 Å². The van der Waals surface area contributed by atoms with Crippen molar-refractivity contribution in [2.45, 2.75) is 38.3 Å². The Labute approximate surface area is 74.2 Å². The Hall–Kier alpha value is -0.120. The molecule has 1 aliphatic heterocycles. The zero-order valence-corrected chi connectivity index (χ0v) is 7.79. The molecule has 2 N–H and O–H groups in total. The average Bonchev–Trinajstić information content (AvgIpc) is 2.53. The molecule has 0 radical (unpaired) electrons. The van der Waals surface area contributed by atoms with Gasteiger partial charge in [-0.15, -0.1) is 0 Å². The normalized spacial score (nSPS) is 26.0. The van der Waals surface area contributed by atoms with Crippen molar-refractivity contribution in [2.24, 2.45) is 5.73 Å². The molecule has 0 aromatic heterocycles. The molecule has 0 aliphatic carbocycles. The smallest absolute Gasteiger partial charge is 0.0831 e. The summed E-state index contributed by atoms with van der Waals surface area (Å²) in [5.41, 5.74) is 5.80. The van der Waals surface area contributed by atoms with Gasteiger partial charge in [-0.1, -0.05) is 13.3 Å². The van der Waals surface area contributed by atoms with Gasteiger partial charge in [0, 0.05) is 12.6 Å². The minimum Gasteiger partial charge on any atom is -0.379 e. The summed E-state index contributed by atoms with van der Waals surface area (Å²) in [4.78, 5) is 0. The lowest BCUT2D eigenvalue weighted by molar-refractivity contribution is 0.0341. The topological polar surface area (TPSA) is 44.5 Å². The van der Waals surface area contributed by atoms with E-state index in [2.05, 4.69) is 6.92 Å². The van der Waals surface area contributed by atoms with Crippen LogP contribution in [0.15, 0.2) is 0 Å². The van der Waals surface area contributed by atoms with E-state index in [1.54, 1.807) is 0 Å². The van der Waals surface area contributed by atoms with E-state index in [0.717, 1.165) is 32.5 Å². The Morgan fingerprint density at radius 1 is 1.67 bits per heavy atom. The molecule has 0 aromatic rings. The van der Waals surface area contributed by atoms with E-state index in [1.165, 1.54) is 0 Å². The van der Waals surface area contributed by atoms with Crippen LogP contribution in [0.4, 0.5) is 0 Å². The fourth-order valence-electron chi connectivity index (χ4n) is 1.36. The lowest BCUT2D eigenvalue weighted by Gasteiger charge is -2.14. The second-order valence-corrected chi connectivity index (χ2v) is 3.37. The number of hydrogen-bond acceptors (Lipinski definition) is 3. The summed E-state index contributed by atoms with van der Waals surface area (Å²) in [5, 5.41) is 0. The highest BCUT2D eigenvalue weighted by Gasteiger charge is 2.16. The molecule has 2 unspecified atom stereocenters. The van der Waals surface area contributed by atoms with Gasteiger partial charge in [0.25, 0.3) is 0 Å². The zero-order valence-electron chi connectivity index (χ0n) is 7.79. The lowest BCUT2D eigenvalue weighted by atomic mass is 10.2. The van der Waals surface area contributed by atoms with Gasteiger partial charge in [0.05, 0.1) is 19.3 Å². The lowest BCUT2D eigenvalue weighted by Crippen LogP contribution is -2.29. The maximum Gasteiger partial charge on any atom is 0.0831 e. The fraction of sp³-hybridized carbons (Fsp3) is 1.00. The summed E-state index contributed by atoms with van der Waals surface area (Å²) < 4.78 is 10.8. The predicted molar refractivity (Wildman–Crippen MR) is 48.1 cm³/mol. The van der Waals surface area contributed by atoms with Crippen LogP contribution < -0.4 is 5.73 Å². The zero-order chi connectivity index (χ0) is 8.81. The molecular formula is C9H19NO2. The van der Waals surface area contributed by atoms with Crippen molar-refractivity contribution >= 4 is 0 Å². The highest BCUT2D eigenvalue weighted by Crippen LogP contribution is 2.08. The number of hydrogen-bond donors (Lipinski definition) is 1. The second-order valence-electron chi connectivity index (χ2n) is 3.37. The summed E-state index contributed by atoms with van der Waals surface area (Å²) in [6, 6.07) is 0.204. The number of nitrogens with two attached hydrogens (primary N) is 1. The maximum atomic E-state index is 5.80. The third-order valence-corrected chi connectivity index (χ3v) is 2.09. The first-order chi connectivity index (χ1) is 5.83. The summed E-state index contributed by atoms with van der Waals surface area (Å²) in [6.45, 7) is 4.41. The van der Waals surface area contributed by atoms with E-state index in [-0.39, 0.29) is 6.04 Å². The molecule has 0 aromatic carbocycles. The van der Waals surface area contributed by atoms with Gasteiger partial charge in [0.1, 0.15) is 0 Å². The van der Waals surface area contributed by atoms with Crippen molar-refractivity contribution < 1.29 is 9.47 Å². The van der Waals surface area contributed by atoms with Crippen molar-refractivity contribution in [1.82, 2.24) is 0 Å². The summed E-state index contributed by atoms with van der Waals surface area (Å²) in [5.74, 6) is 0.